The standard InChI is InChI=1S/C27H25ClN2O2S/c1-16-7-9-18(10-8-16)22-15-21(17-11-13-19(28)14-12-17)23-24(29)25(33-26(23)30-22)27(31)32-20-5-3-2-4-6-20/h7-15,20H,2-6,29H2,1H3. The minimum absolute atomic E-state index is 0.0253. The number of fused-ring (bicyclic) bond motifs is 1. The number of hydrogen-bond donors (Lipinski definition) is 1. The van der Waals surface area contributed by atoms with E-state index in [0.717, 1.165) is 58.3 Å². The van der Waals surface area contributed by atoms with Crippen LogP contribution in [0.4, 0.5) is 5.69 Å². The Morgan fingerprint density at radius 3 is 2.39 bits per heavy atom. The summed E-state index contributed by atoms with van der Waals surface area (Å²) in [5, 5.41) is 1.45. The molecule has 2 heterocycles. The van der Waals surface area contributed by atoms with Crippen LogP contribution in [-0.4, -0.2) is 17.1 Å². The van der Waals surface area contributed by atoms with Gasteiger partial charge in [-0.05, 0) is 61.9 Å². The van der Waals surface area contributed by atoms with Gasteiger partial charge in [-0.1, -0.05) is 60.0 Å². The molecule has 0 unspecified atom stereocenters. The topological polar surface area (TPSA) is 65.2 Å². The first-order valence-corrected chi connectivity index (χ1v) is 12.5. The van der Waals surface area contributed by atoms with Crippen LogP contribution in [0.1, 0.15) is 47.3 Å². The van der Waals surface area contributed by atoms with Gasteiger partial charge in [-0.3, -0.25) is 0 Å². The van der Waals surface area contributed by atoms with E-state index in [9.17, 15) is 4.79 Å². The van der Waals surface area contributed by atoms with Crippen molar-refractivity contribution < 1.29 is 9.53 Å². The molecule has 0 amide bonds. The number of anilines is 1. The van der Waals surface area contributed by atoms with Crippen molar-refractivity contribution in [2.75, 3.05) is 5.73 Å². The average molecular weight is 477 g/mol. The van der Waals surface area contributed by atoms with E-state index in [-0.39, 0.29) is 12.1 Å². The van der Waals surface area contributed by atoms with E-state index in [2.05, 4.69) is 31.2 Å². The Labute approximate surface area is 202 Å². The van der Waals surface area contributed by atoms with E-state index in [1.54, 1.807) is 0 Å². The number of carbonyl (C=O) groups is 1. The zero-order valence-electron chi connectivity index (χ0n) is 18.4. The Bertz CT molecular complexity index is 1310. The largest absolute Gasteiger partial charge is 0.458 e. The smallest absolute Gasteiger partial charge is 0.350 e. The minimum Gasteiger partial charge on any atom is -0.458 e. The highest BCUT2D eigenvalue weighted by Gasteiger charge is 2.25. The molecule has 0 spiro atoms. The molecule has 1 aliphatic rings. The molecule has 6 heteroatoms. The van der Waals surface area contributed by atoms with Gasteiger partial charge in [0, 0.05) is 16.0 Å². The molecule has 1 fully saturated rings. The fraction of sp³-hybridized carbons (Fsp3) is 0.259. The number of thiophene rings is 1. The lowest BCUT2D eigenvalue weighted by Crippen LogP contribution is -2.20. The van der Waals surface area contributed by atoms with Gasteiger partial charge in [0.25, 0.3) is 0 Å². The molecule has 0 atom stereocenters. The van der Waals surface area contributed by atoms with Gasteiger partial charge in [-0.25, -0.2) is 9.78 Å². The zero-order chi connectivity index (χ0) is 22.9. The second kappa shape index (κ2) is 9.16. The fourth-order valence-electron chi connectivity index (χ4n) is 4.39. The van der Waals surface area contributed by atoms with Crippen molar-refractivity contribution in [2.24, 2.45) is 0 Å². The number of hydrogen-bond acceptors (Lipinski definition) is 5. The first-order valence-electron chi connectivity index (χ1n) is 11.3. The Morgan fingerprint density at radius 1 is 1.03 bits per heavy atom. The van der Waals surface area contributed by atoms with Crippen LogP contribution in [-0.2, 0) is 4.74 Å². The van der Waals surface area contributed by atoms with Crippen molar-refractivity contribution in [3.05, 3.63) is 70.1 Å². The van der Waals surface area contributed by atoms with Crippen LogP contribution >= 0.6 is 22.9 Å². The molecule has 2 N–H and O–H groups in total. The molecule has 2 aromatic heterocycles. The molecular weight excluding hydrogens is 452 g/mol. The number of pyridine rings is 1. The zero-order valence-corrected chi connectivity index (χ0v) is 20.0. The highest BCUT2D eigenvalue weighted by atomic mass is 35.5. The third-order valence-corrected chi connectivity index (χ3v) is 7.54. The number of rotatable bonds is 4. The van der Waals surface area contributed by atoms with Crippen LogP contribution in [0.2, 0.25) is 5.02 Å². The number of aryl methyl sites for hydroxylation is 1. The van der Waals surface area contributed by atoms with Gasteiger partial charge in [-0.2, -0.15) is 0 Å². The van der Waals surface area contributed by atoms with Crippen molar-refractivity contribution in [1.29, 1.82) is 0 Å². The van der Waals surface area contributed by atoms with Gasteiger partial charge in [-0.15, -0.1) is 11.3 Å². The maximum Gasteiger partial charge on any atom is 0.350 e. The number of aromatic nitrogens is 1. The lowest BCUT2D eigenvalue weighted by Gasteiger charge is -2.21. The molecule has 1 saturated carbocycles. The van der Waals surface area contributed by atoms with Gasteiger partial charge in [0.15, 0.2) is 0 Å². The number of nitrogen functional groups attached to an aromatic ring is 1. The van der Waals surface area contributed by atoms with Crippen LogP contribution in [0.15, 0.2) is 54.6 Å². The number of esters is 1. The minimum atomic E-state index is -0.346. The van der Waals surface area contributed by atoms with E-state index in [1.165, 1.54) is 23.3 Å². The summed E-state index contributed by atoms with van der Waals surface area (Å²) in [7, 11) is 0. The maximum atomic E-state index is 13.1. The van der Waals surface area contributed by atoms with Crippen molar-refractivity contribution in [3.63, 3.8) is 0 Å². The van der Waals surface area contributed by atoms with E-state index in [0.29, 0.717) is 15.6 Å². The summed E-state index contributed by atoms with van der Waals surface area (Å²) in [4.78, 5) is 19.1. The molecule has 33 heavy (non-hydrogen) atoms. The molecule has 168 valence electrons. The molecule has 0 aliphatic heterocycles. The first kappa shape index (κ1) is 21.9. The van der Waals surface area contributed by atoms with E-state index in [1.807, 2.05) is 30.3 Å². The number of carbonyl (C=O) groups excluding carboxylic acids is 1. The predicted molar refractivity (Wildman–Crippen MR) is 137 cm³/mol. The Hall–Kier alpha value is -2.89. The van der Waals surface area contributed by atoms with Crippen molar-refractivity contribution in [1.82, 2.24) is 4.98 Å². The molecule has 4 nitrogen and oxygen atoms in total. The molecule has 4 aromatic rings. The number of benzene rings is 2. The SMILES string of the molecule is Cc1ccc(-c2cc(-c3ccc(Cl)cc3)c3c(N)c(C(=O)OC4CCCCC4)sc3n2)cc1. The fourth-order valence-corrected chi connectivity index (χ4v) is 5.52. The summed E-state index contributed by atoms with van der Waals surface area (Å²) in [5.41, 5.74) is 11.9. The summed E-state index contributed by atoms with van der Waals surface area (Å²) in [6, 6.07) is 17.9. The molecular formula is C27H25ClN2O2S. The second-order valence-corrected chi connectivity index (χ2v) is 10.1. The molecule has 5 rings (SSSR count). The Balaban J connectivity index is 1.63. The third-order valence-electron chi connectivity index (χ3n) is 6.21. The van der Waals surface area contributed by atoms with Crippen molar-refractivity contribution in [2.45, 2.75) is 45.1 Å². The van der Waals surface area contributed by atoms with Crippen LogP contribution in [0, 0.1) is 6.92 Å². The summed E-state index contributed by atoms with van der Waals surface area (Å²) >= 11 is 7.44. The summed E-state index contributed by atoms with van der Waals surface area (Å²) in [5.74, 6) is -0.346. The van der Waals surface area contributed by atoms with Crippen molar-refractivity contribution in [3.8, 4) is 22.4 Å². The molecule has 0 saturated heterocycles. The second-order valence-electron chi connectivity index (χ2n) is 8.62. The maximum absolute atomic E-state index is 13.1. The van der Waals surface area contributed by atoms with Crippen LogP contribution < -0.4 is 5.73 Å². The van der Waals surface area contributed by atoms with E-state index >= 15 is 0 Å². The lowest BCUT2D eigenvalue weighted by atomic mass is 9.98. The van der Waals surface area contributed by atoms with Gasteiger partial charge in [0.1, 0.15) is 15.8 Å². The molecule has 2 aromatic carbocycles. The first-order chi connectivity index (χ1) is 16.0. The summed E-state index contributed by atoms with van der Waals surface area (Å²) in [6.07, 6.45) is 5.21. The monoisotopic (exact) mass is 476 g/mol. The normalized spacial score (nSPS) is 14.5. The van der Waals surface area contributed by atoms with E-state index < -0.39 is 0 Å². The quantitative estimate of drug-likeness (QED) is 0.307. The van der Waals surface area contributed by atoms with Gasteiger partial charge in [0.2, 0.25) is 0 Å². The highest BCUT2D eigenvalue weighted by molar-refractivity contribution is 7.21. The number of ether oxygens (including phenoxy) is 1. The highest BCUT2D eigenvalue weighted by Crippen LogP contribution is 2.42. The average Bonchev–Trinajstić information content (AvgIpc) is 3.17. The molecule has 0 radical (unpaired) electrons. The lowest BCUT2D eigenvalue weighted by molar-refractivity contribution is 0.0218. The van der Waals surface area contributed by atoms with Gasteiger partial charge in [0.05, 0.1) is 11.4 Å². The summed E-state index contributed by atoms with van der Waals surface area (Å²) < 4.78 is 5.82. The number of nitrogens with zero attached hydrogens (tertiary/aromatic N) is 1. The van der Waals surface area contributed by atoms with E-state index in [4.69, 9.17) is 27.1 Å². The predicted octanol–water partition coefficient (Wildman–Crippen LogP) is 7.66. The van der Waals surface area contributed by atoms with Crippen LogP contribution in [0.5, 0.6) is 0 Å². The number of nitrogens with two attached hydrogens (primary N) is 1. The number of halogens is 1. The Morgan fingerprint density at radius 2 is 1.70 bits per heavy atom. The van der Waals surface area contributed by atoms with Crippen LogP contribution in [0.25, 0.3) is 32.6 Å². The third kappa shape index (κ3) is 4.48. The summed E-state index contributed by atoms with van der Waals surface area (Å²) in [6.45, 7) is 2.06. The van der Waals surface area contributed by atoms with Crippen molar-refractivity contribution >= 4 is 44.8 Å². The molecule has 0 bridgehead atoms. The van der Waals surface area contributed by atoms with Gasteiger partial charge < -0.3 is 10.5 Å². The van der Waals surface area contributed by atoms with Gasteiger partial charge >= 0.3 is 5.97 Å². The Kier molecular flexibility index (Phi) is 6.09. The molecule has 1 aliphatic carbocycles. The van der Waals surface area contributed by atoms with Crippen LogP contribution in [0.3, 0.4) is 0 Å².